The van der Waals surface area contributed by atoms with Crippen LogP contribution in [0.25, 0.3) is 0 Å². The van der Waals surface area contributed by atoms with Crippen molar-refractivity contribution in [1.29, 1.82) is 0 Å². The van der Waals surface area contributed by atoms with E-state index in [-0.39, 0.29) is 11.8 Å². The molecule has 1 aromatic rings. The fourth-order valence-corrected chi connectivity index (χ4v) is 2.72. The van der Waals surface area contributed by atoms with E-state index < -0.39 is 9.84 Å². The molecule has 1 unspecified atom stereocenters. The first-order valence-electron chi connectivity index (χ1n) is 5.09. The number of methoxy groups -OCH3 is 1. The summed E-state index contributed by atoms with van der Waals surface area (Å²) in [5.74, 6) is 0.640. The Morgan fingerprint density at radius 1 is 1.47 bits per heavy atom. The maximum atomic E-state index is 11.1. The van der Waals surface area contributed by atoms with Crippen molar-refractivity contribution in [2.45, 2.75) is 13.0 Å². The molecule has 4 nitrogen and oxygen atoms in total. The number of ether oxygens (including phenoxy) is 1. The van der Waals surface area contributed by atoms with Gasteiger partial charge in [0, 0.05) is 24.1 Å². The summed E-state index contributed by atoms with van der Waals surface area (Å²) in [4.78, 5) is 0. The lowest BCUT2D eigenvalue weighted by Gasteiger charge is -2.15. The zero-order chi connectivity index (χ0) is 13.1. The molecule has 0 saturated heterocycles. The average molecular weight is 278 g/mol. The highest BCUT2D eigenvalue weighted by Gasteiger charge is 2.11. The normalized spacial score (nSPS) is 13.2. The molecule has 0 aliphatic heterocycles. The van der Waals surface area contributed by atoms with Gasteiger partial charge in [0.15, 0.2) is 0 Å². The first kappa shape index (κ1) is 14.1. The topological polar surface area (TPSA) is 55.4 Å². The number of rotatable bonds is 5. The molecule has 0 fully saturated rings. The van der Waals surface area contributed by atoms with Crippen LogP contribution in [0, 0.1) is 0 Å². The summed E-state index contributed by atoms with van der Waals surface area (Å²) >= 11 is 5.89. The number of sulfone groups is 1. The fraction of sp³-hybridized carbons (Fsp3) is 0.455. The molecule has 0 aliphatic carbocycles. The van der Waals surface area contributed by atoms with Gasteiger partial charge < -0.3 is 10.1 Å². The van der Waals surface area contributed by atoms with Crippen molar-refractivity contribution in [2.24, 2.45) is 0 Å². The second kappa shape index (κ2) is 5.60. The number of benzene rings is 1. The van der Waals surface area contributed by atoms with E-state index in [0.717, 1.165) is 5.69 Å². The summed E-state index contributed by atoms with van der Waals surface area (Å²) in [5.41, 5.74) is 0.780. The van der Waals surface area contributed by atoms with E-state index in [1.54, 1.807) is 18.2 Å². The highest BCUT2D eigenvalue weighted by Crippen LogP contribution is 2.27. The third kappa shape index (κ3) is 4.83. The largest absolute Gasteiger partial charge is 0.495 e. The number of hydrogen-bond donors (Lipinski definition) is 1. The monoisotopic (exact) mass is 277 g/mol. The lowest BCUT2D eigenvalue weighted by molar-refractivity contribution is 0.415. The molecule has 0 amide bonds. The molecule has 0 saturated carbocycles. The quantitative estimate of drug-likeness (QED) is 0.896. The predicted octanol–water partition coefficient (Wildman–Crippen LogP) is 2.19. The maximum absolute atomic E-state index is 11.1. The molecule has 0 spiro atoms. The molecule has 0 heterocycles. The second-order valence-electron chi connectivity index (χ2n) is 3.99. The van der Waals surface area contributed by atoms with Crippen molar-refractivity contribution in [1.82, 2.24) is 0 Å². The van der Waals surface area contributed by atoms with E-state index in [0.29, 0.717) is 10.8 Å². The molecule has 96 valence electrons. The highest BCUT2D eigenvalue weighted by molar-refractivity contribution is 7.90. The Hall–Kier alpha value is -0.940. The van der Waals surface area contributed by atoms with Gasteiger partial charge in [0.1, 0.15) is 15.6 Å². The molecule has 0 aliphatic rings. The van der Waals surface area contributed by atoms with Crippen LogP contribution in [0.1, 0.15) is 6.92 Å². The molecule has 1 atom stereocenters. The van der Waals surface area contributed by atoms with Crippen molar-refractivity contribution in [3.05, 3.63) is 23.2 Å². The van der Waals surface area contributed by atoms with Crippen molar-refractivity contribution < 1.29 is 13.2 Å². The molecule has 17 heavy (non-hydrogen) atoms. The summed E-state index contributed by atoms with van der Waals surface area (Å²) in [6.45, 7) is 1.81. The van der Waals surface area contributed by atoms with E-state index in [2.05, 4.69) is 5.32 Å². The van der Waals surface area contributed by atoms with E-state index in [1.165, 1.54) is 13.4 Å². The Morgan fingerprint density at radius 2 is 2.12 bits per heavy atom. The number of anilines is 1. The Bertz CT molecular complexity index is 487. The molecule has 1 aromatic carbocycles. The van der Waals surface area contributed by atoms with Gasteiger partial charge in [-0.1, -0.05) is 11.6 Å². The standard InChI is InChI=1S/C11H16ClNO3S/c1-8(7-17(3,14)15)13-9-4-5-10(12)11(6-9)16-2/h4-6,8,13H,7H2,1-3H3. The van der Waals surface area contributed by atoms with E-state index in [1.807, 2.05) is 6.92 Å². The van der Waals surface area contributed by atoms with Crippen LogP contribution in [0.5, 0.6) is 5.75 Å². The smallest absolute Gasteiger partial charge is 0.149 e. The van der Waals surface area contributed by atoms with Crippen molar-refractivity contribution in [3.63, 3.8) is 0 Å². The van der Waals surface area contributed by atoms with Crippen LogP contribution >= 0.6 is 11.6 Å². The summed E-state index contributed by atoms with van der Waals surface area (Å²) in [6.07, 6.45) is 1.22. The predicted molar refractivity (Wildman–Crippen MR) is 70.8 cm³/mol. The van der Waals surface area contributed by atoms with Crippen LogP contribution in [-0.2, 0) is 9.84 Å². The van der Waals surface area contributed by atoms with Crippen LogP contribution in [0.4, 0.5) is 5.69 Å². The highest BCUT2D eigenvalue weighted by atomic mass is 35.5. The molecule has 1 N–H and O–H groups in total. The Balaban J connectivity index is 2.75. The molecule has 1 rings (SSSR count). The fourth-order valence-electron chi connectivity index (χ4n) is 1.53. The third-order valence-electron chi connectivity index (χ3n) is 2.12. The summed E-state index contributed by atoms with van der Waals surface area (Å²) < 4.78 is 27.3. The van der Waals surface area contributed by atoms with Crippen LogP contribution < -0.4 is 10.1 Å². The maximum Gasteiger partial charge on any atom is 0.149 e. The molecule has 0 radical (unpaired) electrons. The second-order valence-corrected chi connectivity index (χ2v) is 6.58. The van der Waals surface area contributed by atoms with Crippen LogP contribution in [0.3, 0.4) is 0 Å². The lowest BCUT2D eigenvalue weighted by Crippen LogP contribution is -2.24. The number of hydrogen-bond acceptors (Lipinski definition) is 4. The van der Waals surface area contributed by atoms with Gasteiger partial charge in [-0.2, -0.15) is 0 Å². The first-order valence-corrected chi connectivity index (χ1v) is 7.53. The van der Waals surface area contributed by atoms with Crippen LogP contribution in [0.15, 0.2) is 18.2 Å². The zero-order valence-electron chi connectivity index (χ0n) is 10.0. The SMILES string of the molecule is COc1cc(NC(C)CS(C)(=O)=O)ccc1Cl. The van der Waals surface area contributed by atoms with Gasteiger partial charge in [-0.25, -0.2) is 8.42 Å². The van der Waals surface area contributed by atoms with Gasteiger partial charge in [0.25, 0.3) is 0 Å². The molecule has 0 aromatic heterocycles. The average Bonchev–Trinajstić information content (AvgIpc) is 2.18. The van der Waals surface area contributed by atoms with Crippen molar-refractivity contribution in [2.75, 3.05) is 24.4 Å². The van der Waals surface area contributed by atoms with Gasteiger partial charge >= 0.3 is 0 Å². The lowest BCUT2D eigenvalue weighted by atomic mass is 10.2. The van der Waals surface area contributed by atoms with Gasteiger partial charge in [0.05, 0.1) is 17.9 Å². The minimum atomic E-state index is -2.99. The summed E-state index contributed by atoms with van der Waals surface area (Å²) in [5, 5.41) is 3.60. The van der Waals surface area contributed by atoms with Crippen LogP contribution in [-0.4, -0.2) is 33.6 Å². The Kier molecular flexibility index (Phi) is 4.65. The molecular weight excluding hydrogens is 262 g/mol. The van der Waals surface area contributed by atoms with Crippen molar-refractivity contribution in [3.8, 4) is 5.75 Å². The van der Waals surface area contributed by atoms with Crippen LogP contribution in [0.2, 0.25) is 5.02 Å². The minimum absolute atomic E-state index is 0.0813. The Morgan fingerprint density at radius 3 is 2.65 bits per heavy atom. The third-order valence-corrected chi connectivity index (χ3v) is 3.53. The van der Waals surface area contributed by atoms with Gasteiger partial charge in [-0.15, -0.1) is 0 Å². The zero-order valence-corrected chi connectivity index (χ0v) is 11.6. The first-order chi connectivity index (χ1) is 7.81. The van der Waals surface area contributed by atoms with Gasteiger partial charge in [0.2, 0.25) is 0 Å². The van der Waals surface area contributed by atoms with Gasteiger partial charge in [-0.3, -0.25) is 0 Å². The molecular formula is C11H16ClNO3S. The number of halogens is 1. The van der Waals surface area contributed by atoms with Crippen molar-refractivity contribution >= 4 is 27.1 Å². The number of nitrogens with one attached hydrogen (secondary N) is 1. The van der Waals surface area contributed by atoms with E-state index in [4.69, 9.17) is 16.3 Å². The Labute approximate surface area is 107 Å². The molecule has 6 heteroatoms. The van der Waals surface area contributed by atoms with E-state index in [9.17, 15) is 8.42 Å². The minimum Gasteiger partial charge on any atom is -0.495 e. The molecule has 0 bridgehead atoms. The summed E-state index contributed by atoms with van der Waals surface area (Å²) in [6, 6.07) is 5.05. The van der Waals surface area contributed by atoms with E-state index >= 15 is 0 Å². The summed E-state index contributed by atoms with van der Waals surface area (Å²) in [7, 11) is -1.45. The van der Waals surface area contributed by atoms with Gasteiger partial charge in [-0.05, 0) is 19.1 Å².